The third-order valence-corrected chi connectivity index (χ3v) is 8.13. The SMILES string of the molecule is CCOc1ccc(CCC(=O)N(Cc2ccccc2Cl)[C@@H](Cc2ccccc2)C(=O)NC2CCCCC2)cc1OCC. The highest BCUT2D eigenvalue weighted by Crippen LogP contribution is 2.29. The Kier molecular flexibility index (Phi) is 12.1. The van der Waals surface area contributed by atoms with E-state index in [-0.39, 0.29) is 30.8 Å². The van der Waals surface area contributed by atoms with Gasteiger partial charge in [0.25, 0.3) is 0 Å². The number of nitrogens with one attached hydrogen (secondary N) is 1. The van der Waals surface area contributed by atoms with Crippen LogP contribution in [0.1, 0.15) is 69.1 Å². The number of carbonyl (C=O) groups is 2. The molecule has 0 aromatic heterocycles. The Bertz CT molecular complexity index is 1290. The van der Waals surface area contributed by atoms with E-state index in [4.69, 9.17) is 21.1 Å². The molecule has 1 N–H and O–H groups in total. The molecule has 0 spiro atoms. The van der Waals surface area contributed by atoms with Crippen LogP contribution < -0.4 is 14.8 Å². The van der Waals surface area contributed by atoms with Crippen LogP contribution in [-0.4, -0.2) is 42.0 Å². The van der Waals surface area contributed by atoms with Gasteiger partial charge in [0, 0.05) is 30.5 Å². The number of hydrogen-bond acceptors (Lipinski definition) is 4. The van der Waals surface area contributed by atoms with Gasteiger partial charge in [0.05, 0.1) is 13.2 Å². The van der Waals surface area contributed by atoms with Crippen molar-refractivity contribution in [2.75, 3.05) is 13.2 Å². The lowest BCUT2D eigenvalue weighted by Gasteiger charge is -2.34. The first-order chi connectivity index (χ1) is 20.5. The summed E-state index contributed by atoms with van der Waals surface area (Å²) in [5.41, 5.74) is 2.79. The van der Waals surface area contributed by atoms with Crippen molar-refractivity contribution >= 4 is 23.4 Å². The van der Waals surface area contributed by atoms with E-state index in [1.807, 2.05) is 86.6 Å². The average molecular weight is 591 g/mol. The lowest BCUT2D eigenvalue weighted by atomic mass is 9.94. The van der Waals surface area contributed by atoms with Gasteiger partial charge in [-0.2, -0.15) is 0 Å². The molecule has 2 amide bonds. The molecule has 0 bridgehead atoms. The van der Waals surface area contributed by atoms with Gasteiger partial charge < -0.3 is 19.7 Å². The quantitative estimate of drug-likeness (QED) is 0.216. The molecule has 0 aliphatic heterocycles. The maximum atomic E-state index is 14.1. The van der Waals surface area contributed by atoms with Gasteiger partial charge in [-0.1, -0.05) is 85.5 Å². The van der Waals surface area contributed by atoms with E-state index >= 15 is 0 Å². The summed E-state index contributed by atoms with van der Waals surface area (Å²) in [5.74, 6) is 1.16. The topological polar surface area (TPSA) is 67.9 Å². The summed E-state index contributed by atoms with van der Waals surface area (Å²) in [5, 5.41) is 3.87. The summed E-state index contributed by atoms with van der Waals surface area (Å²) in [4.78, 5) is 29.8. The average Bonchev–Trinajstić information content (AvgIpc) is 3.01. The summed E-state index contributed by atoms with van der Waals surface area (Å²) < 4.78 is 11.5. The van der Waals surface area contributed by atoms with Crippen LogP contribution in [0.4, 0.5) is 0 Å². The number of halogens is 1. The number of aryl methyl sites for hydroxylation is 1. The smallest absolute Gasteiger partial charge is 0.243 e. The summed E-state index contributed by atoms with van der Waals surface area (Å²) in [6.45, 7) is 5.18. The number of nitrogens with zero attached hydrogens (tertiary/aromatic N) is 1. The molecule has 1 aliphatic rings. The van der Waals surface area contributed by atoms with Crippen molar-refractivity contribution in [3.8, 4) is 11.5 Å². The molecule has 1 fully saturated rings. The zero-order chi connectivity index (χ0) is 29.7. The van der Waals surface area contributed by atoms with Gasteiger partial charge in [0.2, 0.25) is 11.8 Å². The zero-order valence-corrected chi connectivity index (χ0v) is 25.6. The minimum atomic E-state index is -0.669. The fourth-order valence-corrected chi connectivity index (χ4v) is 5.75. The molecule has 1 saturated carbocycles. The van der Waals surface area contributed by atoms with Gasteiger partial charge in [0.15, 0.2) is 11.5 Å². The van der Waals surface area contributed by atoms with Crippen LogP contribution in [0.2, 0.25) is 5.02 Å². The molecule has 42 heavy (non-hydrogen) atoms. The largest absolute Gasteiger partial charge is 0.490 e. The lowest BCUT2D eigenvalue weighted by Crippen LogP contribution is -2.53. The van der Waals surface area contributed by atoms with E-state index in [1.54, 1.807) is 4.90 Å². The Morgan fingerprint density at radius 1 is 0.881 bits per heavy atom. The Morgan fingerprint density at radius 2 is 1.57 bits per heavy atom. The standard InChI is InChI=1S/C35H43ClN2O4/c1-3-41-32-21-19-27(24-33(32)42-4-2)20-22-34(39)38(25-28-15-11-12-18-30(28)36)31(23-26-13-7-5-8-14-26)35(40)37-29-16-9-6-10-17-29/h5,7-8,11-15,18-19,21,24,29,31H,3-4,6,9-10,16-17,20,22-23,25H2,1-2H3,(H,37,40)/t31-/m0/s1. The second-order valence-corrected chi connectivity index (χ2v) is 11.2. The molecule has 7 heteroatoms. The van der Waals surface area contributed by atoms with E-state index < -0.39 is 6.04 Å². The predicted molar refractivity (Wildman–Crippen MR) is 168 cm³/mol. The first-order valence-corrected chi connectivity index (χ1v) is 15.6. The lowest BCUT2D eigenvalue weighted by molar-refractivity contribution is -0.141. The first-order valence-electron chi connectivity index (χ1n) is 15.2. The van der Waals surface area contributed by atoms with E-state index in [9.17, 15) is 9.59 Å². The number of carbonyl (C=O) groups excluding carboxylic acids is 2. The summed E-state index contributed by atoms with van der Waals surface area (Å²) in [6, 6.07) is 22.7. The van der Waals surface area contributed by atoms with Crippen LogP contribution in [0.3, 0.4) is 0 Å². The molecule has 6 nitrogen and oxygen atoms in total. The van der Waals surface area contributed by atoms with Crippen molar-refractivity contribution in [1.29, 1.82) is 0 Å². The molecule has 4 rings (SSSR count). The Hall–Kier alpha value is -3.51. The molecule has 3 aromatic carbocycles. The van der Waals surface area contributed by atoms with Crippen molar-refractivity contribution in [3.05, 3.63) is 94.5 Å². The van der Waals surface area contributed by atoms with Crippen LogP contribution in [0.15, 0.2) is 72.8 Å². The molecule has 1 atom stereocenters. The second kappa shape index (κ2) is 16.2. The Labute approximate surface area is 255 Å². The van der Waals surface area contributed by atoms with Crippen molar-refractivity contribution < 1.29 is 19.1 Å². The van der Waals surface area contributed by atoms with Gasteiger partial charge in [-0.3, -0.25) is 9.59 Å². The van der Waals surface area contributed by atoms with Gasteiger partial charge >= 0.3 is 0 Å². The maximum absolute atomic E-state index is 14.1. The highest BCUT2D eigenvalue weighted by Gasteiger charge is 2.32. The van der Waals surface area contributed by atoms with Gasteiger partial charge in [-0.15, -0.1) is 0 Å². The fourth-order valence-electron chi connectivity index (χ4n) is 5.55. The number of hydrogen-bond donors (Lipinski definition) is 1. The summed E-state index contributed by atoms with van der Waals surface area (Å²) >= 11 is 6.57. The Balaban J connectivity index is 1.61. The number of amides is 2. The minimum Gasteiger partial charge on any atom is -0.490 e. The molecule has 0 heterocycles. The predicted octanol–water partition coefficient (Wildman–Crippen LogP) is 7.16. The van der Waals surface area contributed by atoms with Crippen molar-refractivity contribution in [2.24, 2.45) is 0 Å². The highest BCUT2D eigenvalue weighted by atomic mass is 35.5. The summed E-state index contributed by atoms with van der Waals surface area (Å²) in [7, 11) is 0. The molecule has 3 aromatic rings. The molecular weight excluding hydrogens is 548 g/mol. The number of rotatable bonds is 14. The van der Waals surface area contributed by atoms with Crippen molar-refractivity contribution in [1.82, 2.24) is 10.2 Å². The molecule has 0 saturated heterocycles. The van der Waals surface area contributed by atoms with E-state index in [0.29, 0.717) is 42.6 Å². The Morgan fingerprint density at radius 3 is 2.29 bits per heavy atom. The van der Waals surface area contributed by atoms with Crippen LogP contribution in [-0.2, 0) is 29.0 Å². The molecule has 0 unspecified atom stereocenters. The van der Waals surface area contributed by atoms with Gasteiger partial charge in [-0.05, 0) is 68.0 Å². The fraction of sp³-hybridized carbons (Fsp3) is 0.429. The van der Waals surface area contributed by atoms with E-state index in [1.165, 1.54) is 6.42 Å². The third kappa shape index (κ3) is 8.99. The molecule has 224 valence electrons. The molecule has 1 aliphatic carbocycles. The summed E-state index contributed by atoms with van der Waals surface area (Å²) in [6.07, 6.45) is 6.55. The first kappa shape index (κ1) is 31.4. The second-order valence-electron chi connectivity index (χ2n) is 10.8. The normalized spacial score (nSPS) is 14.2. The number of benzene rings is 3. The molecular formula is C35H43ClN2O4. The van der Waals surface area contributed by atoms with E-state index in [2.05, 4.69) is 5.32 Å². The van der Waals surface area contributed by atoms with Crippen molar-refractivity contribution in [3.63, 3.8) is 0 Å². The molecule has 0 radical (unpaired) electrons. The van der Waals surface area contributed by atoms with Crippen LogP contribution in [0.25, 0.3) is 0 Å². The number of ether oxygens (including phenoxy) is 2. The van der Waals surface area contributed by atoms with Crippen molar-refractivity contribution in [2.45, 2.75) is 83.8 Å². The highest BCUT2D eigenvalue weighted by molar-refractivity contribution is 6.31. The van der Waals surface area contributed by atoms with Gasteiger partial charge in [0.1, 0.15) is 6.04 Å². The van der Waals surface area contributed by atoms with Crippen LogP contribution in [0, 0.1) is 0 Å². The van der Waals surface area contributed by atoms with Gasteiger partial charge in [-0.25, -0.2) is 0 Å². The van der Waals surface area contributed by atoms with E-state index in [0.717, 1.165) is 42.4 Å². The maximum Gasteiger partial charge on any atom is 0.243 e. The van der Waals surface area contributed by atoms with Crippen LogP contribution >= 0.6 is 11.6 Å². The minimum absolute atomic E-state index is 0.0958. The third-order valence-electron chi connectivity index (χ3n) is 7.76. The van der Waals surface area contributed by atoms with Crippen LogP contribution in [0.5, 0.6) is 11.5 Å². The zero-order valence-electron chi connectivity index (χ0n) is 24.8. The monoisotopic (exact) mass is 590 g/mol.